The summed E-state index contributed by atoms with van der Waals surface area (Å²) >= 11 is 0. The van der Waals surface area contributed by atoms with Gasteiger partial charge in [-0.1, -0.05) is 0 Å². The molecular weight excluding hydrogens is 287 g/mol. The van der Waals surface area contributed by atoms with Crippen molar-refractivity contribution in [1.29, 1.82) is 0 Å². The molecule has 1 N–H and O–H groups in total. The zero-order valence-electron chi connectivity index (χ0n) is 12.2. The van der Waals surface area contributed by atoms with Gasteiger partial charge in [-0.25, -0.2) is 9.82 Å². The molecular formula is C16H15FN2O3. The van der Waals surface area contributed by atoms with Gasteiger partial charge in [0.2, 0.25) is 0 Å². The number of nitrogens with zero attached hydrogens (tertiary/aromatic N) is 1. The van der Waals surface area contributed by atoms with Crippen LogP contribution < -0.4 is 14.9 Å². The van der Waals surface area contributed by atoms with Crippen molar-refractivity contribution in [2.24, 2.45) is 5.10 Å². The summed E-state index contributed by atoms with van der Waals surface area (Å²) in [5, 5.41) is 3.87. The van der Waals surface area contributed by atoms with E-state index in [1.54, 1.807) is 25.3 Å². The number of methoxy groups -OCH3 is 2. The van der Waals surface area contributed by atoms with Crippen LogP contribution in [0.1, 0.15) is 15.9 Å². The van der Waals surface area contributed by atoms with E-state index in [0.29, 0.717) is 22.6 Å². The van der Waals surface area contributed by atoms with E-state index in [1.165, 1.54) is 37.6 Å². The van der Waals surface area contributed by atoms with Gasteiger partial charge in [0.05, 0.1) is 20.4 Å². The lowest BCUT2D eigenvalue weighted by atomic mass is 10.2. The van der Waals surface area contributed by atoms with E-state index in [9.17, 15) is 9.18 Å². The van der Waals surface area contributed by atoms with E-state index in [4.69, 9.17) is 9.47 Å². The average Bonchev–Trinajstić information content (AvgIpc) is 2.55. The zero-order chi connectivity index (χ0) is 15.9. The molecule has 0 aromatic heterocycles. The minimum Gasteiger partial charge on any atom is -0.497 e. The smallest absolute Gasteiger partial charge is 0.271 e. The summed E-state index contributed by atoms with van der Waals surface area (Å²) in [6.07, 6.45) is 1.45. The molecule has 1 amide bonds. The van der Waals surface area contributed by atoms with Crippen molar-refractivity contribution in [3.8, 4) is 11.5 Å². The fourth-order valence-electron chi connectivity index (χ4n) is 1.77. The molecule has 2 aromatic rings. The van der Waals surface area contributed by atoms with Crippen LogP contribution in [0.15, 0.2) is 47.6 Å². The Bertz CT molecular complexity index is 684. The van der Waals surface area contributed by atoms with Crippen LogP contribution in [0.25, 0.3) is 0 Å². The van der Waals surface area contributed by atoms with Crippen LogP contribution in [0, 0.1) is 5.82 Å². The number of halogens is 1. The molecule has 0 unspecified atom stereocenters. The second-order valence-corrected chi connectivity index (χ2v) is 4.31. The largest absolute Gasteiger partial charge is 0.497 e. The standard InChI is InChI=1S/C16H15FN2O3/c1-21-14-7-8-15(22-2)12(9-14)10-18-19-16(20)11-3-5-13(17)6-4-11/h3-10H,1-2H3,(H,19,20)/b18-10-. The lowest BCUT2D eigenvalue weighted by Crippen LogP contribution is -2.17. The van der Waals surface area contributed by atoms with Gasteiger partial charge in [0, 0.05) is 11.1 Å². The van der Waals surface area contributed by atoms with E-state index in [-0.39, 0.29) is 0 Å². The number of rotatable bonds is 5. The summed E-state index contributed by atoms with van der Waals surface area (Å²) in [6.45, 7) is 0. The van der Waals surface area contributed by atoms with Gasteiger partial charge in [0.1, 0.15) is 17.3 Å². The molecule has 2 aromatic carbocycles. The highest BCUT2D eigenvalue weighted by Crippen LogP contribution is 2.22. The topological polar surface area (TPSA) is 59.9 Å². The molecule has 0 saturated heterocycles. The summed E-state index contributed by atoms with van der Waals surface area (Å²) in [5.74, 6) is 0.409. The lowest BCUT2D eigenvalue weighted by molar-refractivity contribution is 0.0955. The van der Waals surface area contributed by atoms with Crippen molar-refractivity contribution in [3.05, 3.63) is 59.4 Å². The van der Waals surface area contributed by atoms with Gasteiger partial charge < -0.3 is 9.47 Å². The molecule has 2 rings (SSSR count). The van der Waals surface area contributed by atoms with Gasteiger partial charge in [0.15, 0.2) is 0 Å². The monoisotopic (exact) mass is 302 g/mol. The minimum atomic E-state index is -0.432. The Morgan fingerprint density at radius 2 is 1.86 bits per heavy atom. The molecule has 0 aliphatic carbocycles. The van der Waals surface area contributed by atoms with Gasteiger partial charge in [-0.3, -0.25) is 4.79 Å². The normalized spacial score (nSPS) is 10.5. The molecule has 0 fully saturated rings. The van der Waals surface area contributed by atoms with Crippen LogP contribution in [-0.4, -0.2) is 26.3 Å². The maximum Gasteiger partial charge on any atom is 0.271 e. The fraction of sp³-hybridized carbons (Fsp3) is 0.125. The van der Waals surface area contributed by atoms with Crippen LogP contribution in [0.2, 0.25) is 0 Å². The first-order chi connectivity index (χ1) is 10.6. The van der Waals surface area contributed by atoms with Crippen LogP contribution >= 0.6 is 0 Å². The van der Waals surface area contributed by atoms with E-state index in [0.717, 1.165) is 0 Å². The summed E-state index contributed by atoms with van der Waals surface area (Å²) < 4.78 is 23.1. The van der Waals surface area contributed by atoms with Crippen molar-refractivity contribution in [2.75, 3.05) is 14.2 Å². The number of benzene rings is 2. The zero-order valence-corrected chi connectivity index (χ0v) is 12.2. The summed E-state index contributed by atoms with van der Waals surface area (Å²) in [7, 11) is 3.09. The molecule has 0 aliphatic heterocycles. The van der Waals surface area contributed by atoms with E-state index in [1.807, 2.05) is 0 Å². The molecule has 0 atom stereocenters. The summed E-state index contributed by atoms with van der Waals surface area (Å²) in [5.41, 5.74) is 3.34. The van der Waals surface area contributed by atoms with Crippen molar-refractivity contribution in [1.82, 2.24) is 5.43 Å². The quantitative estimate of drug-likeness (QED) is 0.682. The molecule has 0 heterocycles. The first-order valence-corrected chi connectivity index (χ1v) is 6.45. The molecule has 0 radical (unpaired) electrons. The Balaban J connectivity index is 2.08. The minimum absolute atomic E-state index is 0.316. The van der Waals surface area contributed by atoms with Crippen LogP contribution in [0.3, 0.4) is 0 Å². The first-order valence-electron chi connectivity index (χ1n) is 6.45. The van der Waals surface area contributed by atoms with E-state index < -0.39 is 11.7 Å². The number of amides is 1. The maximum atomic E-state index is 12.8. The average molecular weight is 302 g/mol. The lowest BCUT2D eigenvalue weighted by Gasteiger charge is -2.06. The molecule has 114 valence electrons. The van der Waals surface area contributed by atoms with Crippen molar-refractivity contribution in [3.63, 3.8) is 0 Å². The number of carbonyl (C=O) groups is 1. The number of hydrogen-bond acceptors (Lipinski definition) is 4. The first kappa shape index (κ1) is 15.5. The van der Waals surface area contributed by atoms with Crippen molar-refractivity contribution in [2.45, 2.75) is 0 Å². The highest BCUT2D eigenvalue weighted by molar-refractivity contribution is 5.95. The maximum absolute atomic E-state index is 12.8. The highest BCUT2D eigenvalue weighted by Gasteiger charge is 2.05. The molecule has 0 saturated carbocycles. The SMILES string of the molecule is COc1ccc(OC)c(/C=N\NC(=O)c2ccc(F)cc2)c1. The third kappa shape index (κ3) is 3.82. The third-order valence-corrected chi connectivity index (χ3v) is 2.91. The predicted octanol–water partition coefficient (Wildman–Crippen LogP) is 2.61. The third-order valence-electron chi connectivity index (χ3n) is 2.91. The molecule has 0 bridgehead atoms. The Morgan fingerprint density at radius 3 is 2.50 bits per heavy atom. The molecule has 22 heavy (non-hydrogen) atoms. The molecule has 0 spiro atoms. The highest BCUT2D eigenvalue weighted by atomic mass is 19.1. The van der Waals surface area contributed by atoms with Crippen LogP contribution in [0.5, 0.6) is 11.5 Å². The van der Waals surface area contributed by atoms with Gasteiger partial charge in [-0.05, 0) is 42.5 Å². The van der Waals surface area contributed by atoms with Crippen molar-refractivity contribution >= 4 is 12.1 Å². The molecule has 0 aliphatic rings. The summed E-state index contributed by atoms with van der Waals surface area (Å²) in [6, 6.07) is 10.4. The number of ether oxygens (including phenoxy) is 2. The Morgan fingerprint density at radius 1 is 1.14 bits per heavy atom. The van der Waals surface area contributed by atoms with Crippen molar-refractivity contribution < 1.29 is 18.7 Å². The molecule has 5 nitrogen and oxygen atoms in total. The van der Waals surface area contributed by atoms with Gasteiger partial charge in [-0.15, -0.1) is 0 Å². The Kier molecular flexibility index (Phi) is 5.08. The number of hydrazone groups is 1. The molecule has 6 heteroatoms. The second-order valence-electron chi connectivity index (χ2n) is 4.31. The predicted molar refractivity (Wildman–Crippen MR) is 81.0 cm³/mol. The Hall–Kier alpha value is -2.89. The van der Waals surface area contributed by atoms with Crippen LogP contribution in [0.4, 0.5) is 4.39 Å². The summed E-state index contributed by atoms with van der Waals surface area (Å²) in [4.78, 5) is 11.8. The Labute approximate surface area is 127 Å². The number of nitrogens with one attached hydrogen (secondary N) is 1. The van der Waals surface area contributed by atoms with E-state index in [2.05, 4.69) is 10.5 Å². The van der Waals surface area contributed by atoms with E-state index >= 15 is 0 Å². The van der Waals surface area contributed by atoms with Crippen LogP contribution in [-0.2, 0) is 0 Å². The van der Waals surface area contributed by atoms with Gasteiger partial charge in [-0.2, -0.15) is 5.10 Å². The fourth-order valence-corrected chi connectivity index (χ4v) is 1.77. The number of hydrogen-bond donors (Lipinski definition) is 1. The van der Waals surface area contributed by atoms with Gasteiger partial charge in [0.25, 0.3) is 5.91 Å². The number of carbonyl (C=O) groups excluding carboxylic acids is 1. The van der Waals surface area contributed by atoms with Gasteiger partial charge >= 0.3 is 0 Å². The second kappa shape index (κ2) is 7.21.